The molecule has 26 heteroatoms. The summed E-state index contributed by atoms with van der Waals surface area (Å²) in [5.74, 6) is 4.05. The number of H-pyrrole nitrogens is 1. The molecule has 0 spiro atoms. The van der Waals surface area contributed by atoms with Gasteiger partial charge in [-0.05, 0) is 73.4 Å². The van der Waals surface area contributed by atoms with E-state index in [4.69, 9.17) is 24.5 Å². The minimum absolute atomic E-state index is 0.147. The number of amides is 2. The van der Waals surface area contributed by atoms with E-state index in [-0.39, 0.29) is 31.9 Å². The van der Waals surface area contributed by atoms with Crippen LogP contribution < -0.4 is 26.0 Å². The van der Waals surface area contributed by atoms with E-state index in [2.05, 4.69) is 119 Å². The maximum atomic E-state index is 13.5. The van der Waals surface area contributed by atoms with Gasteiger partial charge in [0.15, 0.2) is 11.8 Å². The maximum Gasteiger partial charge on any atom is 0.414 e. The molecule has 0 aliphatic carbocycles. The number of aliphatic hydroxyl groups is 1. The molecular formula is C30H29B2Br2F2I3N5O12. The van der Waals surface area contributed by atoms with Gasteiger partial charge in [-0.2, -0.15) is 27.5 Å². The van der Waals surface area contributed by atoms with Crippen molar-refractivity contribution in [3.63, 3.8) is 0 Å². The standard InChI is InChI=1S/C13H10BrFN2O4.C10H9BrFNO3.C4H4O2.C3H3NO2.BI2.BI.H3NO/c14-10-2-1-8(5-11(10)15)17-6-9(21-13(17)18)7-19-12-3-4-20-16-12;11-8-2-1-6(3-9(8)12)13-4-7(5-14)16-10(13)15;1-3-4(5)6-2;5-3-1-2-6-4-3;2-1-3;2*1-2/h1-5,9H,6-7H2;1-3,7,14H,4-5H2;1H,2H3;1-2H,(H,4,5);;;2H,1H2/t9-;7-;;;;;/m11...../s1. The zero-order chi connectivity index (χ0) is 42.6. The number of aromatic nitrogens is 2. The quantitative estimate of drug-likeness (QED) is 0.0336. The van der Waals surface area contributed by atoms with Crippen LogP contribution in [-0.4, -0.2) is 93.1 Å². The SMILES string of the molecule is C#CC(=O)OC.I[B]I.NO.O=C1O[C@@H](CO)CN1c1ccc(Br)c(F)c1.O=C1O[C@@H](COc2ccon2)CN1c1ccc(Br)c(F)c1.O=c1cco[nH]1.[B]I. The lowest BCUT2D eigenvalue weighted by Crippen LogP contribution is -2.26. The van der Waals surface area contributed by atoms with Gasteiger partial charge < -0.3 is 38.3 Å². The average Bonchev–Trinajstić information content (AvgIpc) is 4.05. The van der Waals surface area contributed by atoms with E-state index in [9.17, 15) is 28.0 Å². The summed E-state index contributed by atoms with van der Waals surface area (Å²) >= 11 is 12.0. The zero-order valence-corrected chi connectivity index (χ0v) is 38.2. The minimum Gasteiger partial charge on any atom is -0.471 e. The molecule has 5 N–H and O–H groups in total. The molecule has 2 amide bonds. The first-order chi connectivity index (χ1) is 26.9. The van der Waals surface area contributed by atoms with Crippen LogP contribution in [0.15, 0.2) is 83.8 Å². The number of anilines is 2. The molecule has 2 atom stereocenters. The number of halogens is 7. The van der Waals surface area contributed by atoms with Gasteiger partial charge in [-0.25, -0.2) is 29.1 Å². The van der Waals surface area contributed by atoms with Gasteiger partial charge >= 0.3 is 18.2 Å². The molecule has 2 aliphatic heterocycles. The van der Waals surface area contributed by atoms with Crippen LogP contribution in [0, 0.1) is 24.0 Å². The number of carbonyl (C=O) groups is 3. The Kier molecular flexibility index (Phi) is 29.5. The Morgan fingerprint density at radius 3 is 1.82 bits per heavy atom. The number of nitrogens with one attached hydrogen (secondary N) is 1. The number of esters is 1. The Morgan fingerprint density at radius 2 is 1.50 bits per heavy atom. The third-order valence-corrected chi connectivity index (χ3v) is 7.25. The van der Waals surface area contributed by atoms with Crippen LogP contribution in [0.3, 0.4) is 0 Å². The van der Waals surface area contributed by atoms with Gasteiger partial charge in [0.25, 0.3) is 14.4 Å². The number of cyclic esters (lactones) is 2. The molecule has 0 bridgehead atoms. The van der Waals surface area contributed by atoms with Gasteiger partial charge in [0.05, 0.1) is 47.1 Å². The van der Waals surface area contributed by atoms with Crippen molar-refractivity contribution in [3.8, 4) is 18.2 Å². The summed E-state index contributed by atoms with van der Waals surface area (Å²) in [5.41, 5.74) is 5.12. The van der Waals surface area contributed by atoms with E-state index in [1.54, 1.807) is 46.5 Å². The van der Waals surface area contributed by atoms with E-state index >= 15 is 0 Å². The van der Waals surface area contributed by atoms with Crippen LogP contribution in [-0.2, 0) is 19.0 Å². The third-order valence-electron chi connectivity index (χ3n) is 5.96. The molecule has 0 saturated carbocycles. The first-order valence-corrected chi connectivity index (χ1v) is 19.9. The Bertz CT molecular complexity index is 1830. The smallest absolute Gasteiger partial charge is 0.414 e. The van der Waals surface area contributed by atoms with E-state index in [0.29, 0.717) is 26.2 Å². The summed E-state index contributed by atoms with van der Waals surface area (Å²) in [6, 6.07) is 11.7. The highest BCUT2D eigenvalue weighted by Crippen LogP contribution is 2.27. The molecule has 17 nitrogen and oxygen atoms in total. The Hall–Kier alpha value is -2.95. The van der Waals surface area contributed by atoms with Crippen molar-refractivity contribution in [3.05, 3.63) is 92.0 Å². The molecule has 6 rings (SSSR count). The normalized spacial score (nSPS) is 14.5. The Morgan fingerprint density at radius 1 is 1.00 bits per heavy atom. The number of rotatable bonds is 6. The summed E-state index contributed by atoms with van der Waals surface area (Å²) in [6.45, 7) is 0.420. The number of benzene rings is 2. The second-order valence-corrected chi connectivity index (χ2v) is 14.7. The number of hydrogen-bond acceptors (Lipinski definition) is 14. The molecule has 4 aromatic rings. The highest BCUT2D eigenvalue weighted by atomic mass is 127. The summed E-state index contributed by atoms with van der Waals surface area (Å²) in [4.78, 5) is 45.5. The lowest BCUT2D eigenvalue weighted by molar-refractivity contribution is -0.133. The van der Waals surface area contributed by atoms with Crippen molar-refractivity contribution in [2.75, 3.05) is 43.2 Å². The van der Waals surface area contributed by atoms with Gasteiger partial charge in [0.1, 0.15) is 36.9 Å². The van der Waals surface area contributed by atoms with Gasteiger partial charge in [0.2, 0.25) is 0 Å². The number of nitrogens with two attached hydrogens (primary N) is 1. The van der Waals surface area contributed by atoms with E-state index in [1.807, 2.05) is 2.99 Å². The minimum atomic E-state index is -0.630. The molecule has 56 heavy (non-hydrogen) atoms. The monoisotopic (exact) mass is 1250 g/mol. The molecule has 3 radical (unpaired) electrons. The molecular weight excluding hydrogens is 1220 g/mol. The Labute approximate surface area is 377 Å². The fraction of sp³-hybridized carbons (Fsp3) is 0.233. The van der Waals surface area contributed by atoms with Crippen molar-refractivity contribution in [1.29, 1.82) is 0 Å². The van der Waals surface area contributed by atoms with Crippen LogP contribution in [0.25, 0.3) is 0 Å². The van der Waals surface area contributed by atoms with Crippen LogP contribution in [0.4, 0.5) is 29.7 Å². The van der Waals surface area contributed by atoms with Gasteiger partial charge in [-0.1, -0.05) is 0 Å². The first-order valence-electron chi connectivity index (χ1n) is 14.5. The number of methoxy groups -OCH3 is 1. The van der Waals surface area contributed by atoms with E-state index in [0.717, 1.165) is 0 Å². The van der Waals surface area contributed by atoms with Gasteiger partial charge in [-0.3, -0.25) is 14.6 Å². The van der Waals surface area contributed by atoms with Crippen molar-refractivity contribution in [1.82, 2.24) is 10.3 Å². The number of nitrogens with zero attached hydrogens (tertiary/aromatic N) is 3. The lowest BCUT2D eigenvalue weighted by atomic mass is 10.2. The molecule has 0 unspecified atom stereocenters. The summed E-state index contributed by atoms with van der Waals surface area (Å²) in [7, 11) is 1.24. The molecule has 2 aromatic carbocycles. The van der Waals surface area contributed by atoms with Gasteiger partial charge in [0, 0.05) is 18.1 Å². The summed E-state index contributed by atoms with van der Waals surface area (Å²) in [5, 5.41) is 21.0. The lowest BCUT2D eigenvalue weighted by Gasteiger charge is -2.13. The van der Waals surface area contributed by atoms with Crippen LogP contribution in [0.1, 0.15) is 0 Å². The van der Waals surface area contributed by atoms with E-state index < -0.39 is 42.0 Å². The van der Waals surface area contributed by atoms with Crippen molar-refractivity contribution < 1.29 is 61.5 Å². The third kappa shape index (κ3) is 20.0. The number of aliphatic hydroxyl groups excluding tert-OH is 1. The number of carbonyl (C=O) groups excluding carboxylic acids is 3. The van der Waals surface area contributed by atoms with Gasteiger partial charge in [-0.15, -0.1) is 51.2 Å². The zero-order valence-electron chi connectivity index (χ0n) is 28.5. The van der Waals surface area contributed by atoms with Crippen molar-refractivity contribution >= 4 is 137 Å². The van der Waals surface area contributed by atoms with Crippen LogP contribution >= 0.6 is 99.0 Å². The number of ether oxygens (including phenoxy) is 4. The molecule has 301 valence electrons. The predicted molar refractivity (Wildman–Crippen MR) is 232 cm³/mol. The second kappa shape index (κ2) is 31.1. The molecule has 4 heterocycles. The maximum absolute atomic E-state index is 13.5. The van der Waals surface area contributed by atoms with Crippen LogP contribution in [0.2, 0.25) is 0 Å². The average molecular weight is 1250 g/mol. The predicted octanol–water partition coefficient (Wildman–Crippen LogP) is 5.88. The fourth-order valence-corrected chi connectivity index (χ4v) is 4.18. The Balaban J connectivity index is 0.000000757. The number of aromatic amines is 1. The molecule has 2 fully saturated rings. The molecule has 2 saturated heterocycles. The van der Waals surface area contributed by atoms with E-state index in [1.165, 1.54) is 59.8 Å². The first kappa shape index (κ1) is 53.0. The molecule has 2 aliphatic rings. The fourth-order valence-electron chi connectivity index (χ4n) is 3.69. The molecule has 2 aromatic heterocycles. The largest absolute Gasteiger partial charge is 0.471 e. The number of hydrogen-bond donors (Lipinski definition) is 4. The van der Waals surface area contributed by atoms with Crippen molar-refractivity contribution in [2.45, 2.75) is 12.2 Å². The second-order valence-electron chi connectivity index (χ2n) is 9.37. The summed E-state index contributed by atoms with van der Waals surface area (Å²) < 4.78 is 57.7. The highest BCUT2D eigenvalue weighted by Gasteiger charge is 2.34. The summed E-state index contributed by atoms with van der Waals surface area (Å²) in [6.07, 6.45) is 5.13. The number of terminal acetylenes is 1. The van der Waals surface area contributed by atoms with Crippen LogP contribution in [0.5, 0.6) is 5.88 Å². The highest BCUT2D eigenvalue weighted by molar-refractivity contribution is 14.3. The van der Waals surface area contributed by atoms with Crippen molar-refractivity contribution in [2.24, 2.45) is 5.90 Å². The topological polar surface area (TPSA) is 233 Å².